The molecule has 112 valence electrons. The van der Waals surface area contributed by atoms with Crippen molar-refractivity contribution in [3.05, 3.63) is 18.0 Å². The lowest BCUT2D eigenvalue weighted by molar-refractivity contribution is 0.325. The van der Waals surface area contributed by atoms with Gasteiger partial charge in [0.05, 0.1) is 11.7 Å². The molecule has 1 aromatic rings. The Bertz CT molecular complexity index is 389. The molecule has 1 N–H and O–H groups in total. The van der Waals surface area contributed by atoms with Gasteiger partial charge in [0.15, 0.2) is 0 Å². The van der Waals surface area contributed by atoms with E-state index >= 15 is 0 Å². The van der Waals surface area contributed by atoms with Gasteiger partial charge < -0.3 is 10.2 Å². The van der Waals surface area contributed by atoms with E-state index in [-0.39, 0.29) is 0 Å². The predicted molar refractivity (Wildman–Crippen MR) is 81.7 cm³/mol. The highest BCUT2D eigenvalue weighted by Crippen LogP contribution is 2.27. The highest BCUT2D eigenvalue weighted by atomic mass is 15.3. The van der Waals surface area contributed by atoms with Crippen molar-refractivity contribution in [2.75, 3.05) is 26.2 Å². The molecule has 2 heterocycles. The molecule has 1 aromatic heterocycles. The van der Waals surface area contributed by atoms with E-state index in [4.69, 9.17) is 5.10 Å². The summed E-state index contributed by atoms with van der Waals surface area (Å²) in [6.45, 7) is 5.75. The molecular formula is C16H28N4. The van der Waals surface area contributed by atoms with Gasteiger partial charge in [-0.1, -0.05) is 19.3 Å². The molecule has 1 aliphatic heterocycles. The van der Waals surface area contributed by atoms with E-state index in [0.717, 1.165) is 13.1 Å². The van der Waals surface area contributed by atoms with Crippen molar-refractivity contribution in [2.24, 2.45) is 0 Å². The molecule has 2 fully saturated rings. The molecule has 0 bridgehead atoms. The first-order valence-corrected chi connectivity index (χ1v) is 8.39. The molecule has 0 spiro atoms. The lowest BCUT2D eigenvalue weighted by Crippen LogP contribution is -2.29. The summed E-state index contributed by atoms with van der Waals surface area (Å²) in [7, 11) is 0. The Hall–Kier alpha value is -0.870. The summed E-state index contributed by atoms with van der Waals surface area (Å²) in [4.78, 5) is 2.55. The number of likely N-dealkylation sites (tertiary alicyclic amines) is 1. The normalized spacial score (nSPS) is 21.6. The Morgan fingerprint density at radius 3 is 2.70 bits per heavy atom. The fourth-order valence-electron chi connectivity index (χ4n) is 3.48. The minimum Gasteiger partial charge on any atom is -0.310 e. The lowest BCUT2D eigenvalue weighted by Gasteiger charge is -2.21. The third kappa shape index (κ3) is 3.83. The molecule has 0 aromatic carbocycles. The highest BCUT2D eigenvalue weighted by molar-refractivity contribution is 4.99. The van der Waals surface area contributed by atoms with E-state index in [2.05, 4.69) is 27.2 Å². The standard InChI is InChI=1S/C16H28N4/c1-2-6-16(7-3-1)20-12-8-15(18-20)14-17-9-13-19-10-4-5-11-19/h8,12,16-17H,1-7,9-11,13-14H2. The number of hydrogen-bond acceptors (Lipinski definition) is 3. The van der Waals surface area contributed by atoms with Gasteiger partial charge in [0.25, 0.3) is 0 Å². The molecule has 1 saturated carbocycles. The van der Waals surface area contributed by atoms with Crippen LogP contribution in [0, 0.1) is 0 Å². The maximum Gasteiger partial charge on any atom is 0.0762 e. The van der Waals surface area contributed by atoms with Crippen LogP contribution in [0.5, 0.6) is 0 Å². The van der Waals surface area contributed by atoms with E-state index in [9.17, 15) is 0 Å². The zero-order valence-electron chi connectivity index (χ0n) is 12.6. The first-order valence-electron chi connectivity index (χ1n) is 8.39. The fraction of sp³-hybridized carbons (Fsp3) is 0.812. The number of rotatable bonds is 6. The van der Waals surface area contributed by atoms with E-state index in [1.165, 1.54) is 70.3 Å². The van der Waals surface area contributed by atoms with E-state index in [1.807, 2.05) is 0 Å². The van der Waals surface area contributed by atoms with Gasteiger partial charge in [-0.05, 0) is 44.8 Å². The van der Waals surface area contributed by atoms with Gasteiger partial charge in [-0.3, -0.25) is 4.68 Å². The molecule has 0 radical (unpaired) electrons. The summed E-state index contributed by atoms with van der Waals surface area (Å²) < 4.78 is 2.21. The van der Waals surface area contributed by atoms with Gasteiger partial charge in [-0.2, -0.15) is 5.10 Å². The number of nitrogens with zero attached hydrogens (tertiary/aromatic N) is 3. The monoisotopic (exact) mass is 276 g/mol. The molecule has 3 rings (SSSR count). The third-order valence-electron chi connectivity index (χ3n) is 4.72. The molecule has 0 atom stereocenters. The molecular weight excluding hydrogens is 248 g/mol. The summed E-state index contributed by atoms with van der Waals surface area (Å²) in [6.07, 6.45) is 11.7. The molecule has 1 aliphatic carbocycles. The van der Waals surface area contributed by atoms with Gasteiger partial charge in [-0.15, -0.1) is 0 Å². The summed E-state index contributed by atoms with van der Waals surface area (Å²) >= 11 is 0. The molecule has 20 heavy (non-hydrogen) atoms. The van der Waals surface area contributed by atoms with Gasteiger partial charge in [-0.25, -0.2) is 0 Å². The largest absolute Gasteiger partial charge is 0.310 e. The summed E-state index contributed by atoms with van der Waals surface area (Å²) in [6, 6.07) is 2.83. The number of hydrogen-bond donors (Lipinski definition) is 1. The summed E-state index contributed by atoms with van der Waals surface area (Å²) in [5, 5.41) is 8.27. The van der Waals surface area contributed by atoms with Crippen LogP contribution in [0.15, 0.2) is 12.3 Å². The van der Waals surface area contributed by atoms with E-state index in [1.54, 1.807) is 0 Å². The SMILES string of the molecule is c1cn(C2CCCCC2)nc1CNCCN1CCCC1. The lowest BCUT2D eigenvalue weighted by atomic mass is 9.96. The Morgan fingerprint density at radius 1 is 1.10 bits per heavy atom. The van der Waals surface area contributed by atoms with Crippen LogP contribution >= 0.6 is 0 Å². The second kappa shape index (κ2) is 7.23. The smallest absolute Gasteiger partial charge is 0.0762 e. The molecule has 0 amide bonds. The van der Waals surface area contributed by atoms with Crippen LogP contribution in [0.2, 0.25) is 0 Å². The third-order valence-corrected chi connectivity index (χ3v) is 4.72. The van der Waals surface area contributed by atoms with Crippen molar-refractivity contribution in [1.29, 1.82) is 0 Å². The van der Waals surface area contributed by atoms with Crippen LogP contribution < -0.4 is 5.32 Å². The van der Waals surface area contributed by atoms with Gasteiger partial charge >= 0.3 is 0 Å². The zero-order chi connectivity index (χ0) is 13.6. The van der Waals surface area contributed by atoms with E-state index in [0.29, 0.717) is 6.04 Å². The van der Waals surface area contributed by atoms with Crippen molar-refractivity contribution in [1.82, 2.24) is 20.0 Å². The van der Waals surface area contributed by atoms with E-state index < -0.39 is 0 Å². The van der Waals surface area contributed by atoms with Crippen LogP contribution in [-0.4, -0.2) is 40.9 Å². The van der Waals surface area contributed by atoms with Crippen molar-refractivity contribution in [3.8, 4) is 0 Å². The average molecular weight is 276 g/mol. The quantitative estimate of drug-likeness (QED) is 0.811. The van der Waals surface area contributed by atoms with Crippen LogP contribution in [-0.2, 0) is 6.54 Å². The Balaban J connectivity index is 1.38. The Morgan fingerprint density at radius 2 is 1.90 bits per heavy atom. The molecule has 4 heteroatoms. The summed E-state index contributed by atoms with van der Waals surface area (Å²) in [5.41, 5.74) is 1.19. The maximum absolute atomic E-state index is 4.74. The first kappa shape index (κ1) is 14.1. The molecule has 4 nitrogen and oxygen atoms in total. The number of aromatic nitrogens is 2. The van der Waals surface area contributed by atoms with Crippen LogP contribution in [0.3, 0.4) is 0 Å². The summed E-state index contributed by atoms with van der Waals surface area (Å²) in [5.74, 6) is 0. The van der Waals surface area contributed by atoms with Crippen molar-refractivity contribution >= 4 is 0 Å². The van der Waals surface area contributed by atoms with Crippen molar-refractivity contribution < 1.29 is 0 Å². The molecule has 1 saturated heterocycles. The Kier molecular flexibility index (Phi) is 5.09. The van der Waals surface area contributed by atoms with Crippen LogP contribution in [0.25, 0.3) is 0 Å². The first-order chi connectivity index (χ1) is 9.92. The molecule has 0 unspecified atom stereocenters. The minimum absolute atomic E-state index is 0.655. The Labute approximate surface area is 122 Å². The van der Waals surface area contributed by atoms with Gasteiger partial charge in [0.1, 0.15) is 0 Å². The minimum atomic E-state index is 0.655. The maximum atomic E-state index is 4.74. The predicted octanol–water partition coefficient (Wildman–Crippen LogP) is 2.57. The second-order valence-corrected chi connectivity index (χ2v) is 6.30. The van der Waals surface area contributed by atoms with Gasteiger partial charge in [0.2, 0.25) is 0 Å². The van der Waals surface area contributed by atoms with Crippen molar-refractivity contribution in [2.45, 2.75) is 57.5 Å². The zero-order valence-corrected chi connectivity index (χ0v) is 12.6. The fourth-order valence-corrected chi connectivity index (χ4v) is 3.48. The highest BCUT2D eigenvalue weighted by Gasteiger charge is 2.16. The number of nitrogens with one attached hydrogen (secondary N) is 1. The van der Waals surface area contributed by atoms with Crippen LogP contribution in [0.1, 0.15) is 56.7 Å². The average Bonchev–Trinajstić information content (AvgIpc) is 3.16. The van der Waals surface area contributed by atoms with Gasteiger partial charge in [0, 0.05) is 25.8 Å². The van der Waals surface area contributed by atoms with Crippen LogP contribution in [0.4, 0.5) is 0 Å². The molecule has 2 aliphatic rings. The topological polar surface area (TPSA) is 33.1 Å². The van der Waals surface area contributed by atoms with Crippen molar-refractivity contribution in [3.63, 3.8) is 0 Å². The second-order valence-electron chi connectivity index (χ2n) is 6.30.